The number of aliphatic hydroxyl groups excluding tert-OH is 1. The van der Waals surface area contributed by atoms with Gasteiger partial charge in [0.15, 0.2) is 0 Å². The van der Waals surface area contributed by atoms with Crippen LogP contribution in [0.1, 0.15) is 25.7 Å². The highest BCUT2D eigenvalue weighted by atomic mass is 19.3. The molecule has 1 amide bonds. The lowest BCUT2D eigenvalue weighted by atomic mass is 10.0. The Morgan fingerprint density at radius 1 is 1.47 bits per heavy atom. The van der Waals surface area contributed by atoms with Crippen LogP contribution in [0, 0.1) is 0 Å². The summed E-state index contributed by atoms with van der Waals surface area (Å²) < 4.78 is 24.5. The molecule has 1 saturated heterocycles. The number of halogens is 2. The fourth-order valence-corrected chi connectivity index (χ4v) is 2.04. The van der Waals surface area contributed by atoms with Crippen LogP contribution in [0.25, 0.3) is 0 Å². The van der Waals surface area contributed by atoms with Gasteiger partial charge in [0, 0.05) is 19.0 Å². The van der Waals surface area contributed by atoms with Gasteiger partial charge in [-0.15, -0.1) is 0 Å². The quantitative estimate of drug-likeness (QED) is 0.726. The molecule has 1 heterocycles. The van der Waals surface area contributed by atoms with Crippen LogP contribution in [-0.2, 0) is 4.79 Å². The van der Waals surface area contributed by atoms with Gasteiger partial charge in [0.1, 0.15) is 0 Å². The Morgan fingerprint density at radius 2 is 2.24 bits per heavy atom. The molecule has 0 spiro atoms. The molecule has 1 aliphatic rings. The second-order valence-corrected chi connectivity index (χ2v) is 4.31. The largest absolute Gasteiger partial charge is 0.395 e. The standard InChI is InChI=1S/C11H20F2N2O2/c12-10(13)8-15(5-6-16)11(17)7-9-3-1-2-4-14-9/h9-10,14,16H,1-8H2. The third kappa shape index (κ3) is 5.41. The molecule has 1 rings (SSSR count). The Morgan fingerprint density at radius 3 is 2.76 bits per heavy atom. The second kappa shape index (κ2) is 7.55. The molecule has 2 N–H and O–H groups in total. The SMILES string of the molecule is O=C(CC1CCCCN1)N(CCO)CC(F)F. The molecule has 1 fully saturated rings. The Bertz CT molecular complexity index is 234. The summed E-state index contributed by atoms with van der Waals surface area (Å²) in [4.78, 5) is 12.8. The third-order valence-electron chi connectivity index (χ3n) is 2.91. The molecule has 1 aliphatic heterocycles. The summed E-state index contributed by atoms with van der Waals surface area (Å²) in [6.45, 7) is -0.00858. The van der Waals surface area contributed by atoms with Crippen LogP contribution < -0.4 is 5.32 Å². The van der Waals surface area contributed by atoms with Crippen LogP contribution in [0.15, 0.2) is 0 Å². The Kier molecular flexibility index (Phi) is 6.36. The molecule has 1 atom stereocenters. The average Bonchev–Trinajstić information content (AvgIpc) is 2.29. The van der Waals surface area contributed by atoms with Crippen molar-refractivity contribution in [2.24, 2.45) is 0 Å². The topological polar surface area (TPSA) is 52.6 Å². The molecule has 0 radical (unpaired) electrons. The monoisotopic (exact) mass is 250 g/mol. The van der Waals surface area contributed by atoms with Gasteiger partial charge in [-0.2, -0.15) is 0 Å². The minimum absolute atomic E-state index is 0.0180. The number of carbonyl (C=O) groups excluding carboxylic acids is 1. The summed E-state index contributed by atoms with van der Waals surface area (Å²) in [6.07, 6.45) is 0.770. The zero-order valence-corrected chi connectivity index (χ0v) is 9.87. The van der Waals surface area contributed by atoms with E-state index in [0.717, 1.165) is 30.7 Å². The van der Waals surface area contributed by atoms with Gasteiger partial charge in [0.05, 0.1) is 13.2 Å². The zero-order chi connectivity index (χ0) is 12.7. The summed E-state index contributed by atoms with van der Waals surface area (Å²) in [5.74, 6) is -0.307. The summed E-state index contributed by atoms with van der Waals surface area (Å²) >= 11 is 0. The fraction of sp³-hybridized carbons (Fsp3) is 0.909. The number of nitrogens with one attached hydrogen (secondary N) is 1. The number of piperidine rings is 1. The van der Waals surface area contributed by atoms with E-state index >= 15 is 0 Å². The fourth-order valence-electron chi connectivity index (χ4n) is 2.04. The number of aliphatic hydroxyl groups is 1. The van der Waals surface area contributed by atoms with E-state index in [4.69, 9.17) is 5.11 Å². The van der Waals surface area contributed by atoms with Crippen molar-refractivity contribution in [3.8, 4) is 0 Å². The first kappa shape index (κ1) is 14.3. The molecule has 0 aliphatic carbocycles. The van der Waals surface area contributed by atoms with E-state index in [0.29, 0.717) is 0 Å². The molecule has 0 aromatic heterocycles. The number of rotatable bonds is 6. The van der Waals surface area contributed by atoms with E-state index in [-0.39, 0.29) is 31.5 Å². The van der Waals surface area contributed by atoms with Crippen LogP contribution in [0.2, 0.25) is 0 Å². The molecule has 4 nitrogen and oxygen atoms in total. The van der Waals surface area contributed by atoms with E-state index in [1.54, 1.807) is 0 Å². The molecular formula is C11H20F2N2O2. The molecule has 0 aromatic rings. The molecular weight excluding hydrogens is 230 g/mol. The highest BCUT2D eigenvalue weighted by molar-refractivity contribution is 5.76. The first-order valence-electron chi connectivity index (χ1n) is 6.03. The number of nitrogens with zero attached hydrogens (tertiary/aromatic N) is 1. The first-order chi connectivity index (χ1) is 8.13. The van der Waals surface area contributed by atoms with Crippen LogP contribution in [0.3, 0.4) is 0 Å². The summed E-state index contributed by atoms with van der Waals surface area (Å²) in [5, 5.41) is 12.0. The minimum Gasteiger partial charge on any atom is -0.395 e. The molecule has 6 heteroatoms. The van der Waals surface area contributed by atoms with Gasteiger partial charge in [-0.3, -0.25) is 4.79 Å². The van der Waals surface area contributed by atoms with Crippen molar-refractivity contribution in [3.63, 3.8) is 0 Å². The molecule has 100 valence electrons. The maximum absolute atomic E-state index is 12.3. The number of carbonyl (C=O) groups is 1. The smallest absolute Gasteiger partial charge is 0.255 e. The van der Waals surface area contributed by atoms with Crippen molar-refractivity contribution < 1.29 is 18.7 Å². The number of amides is 1. The minimum atomic E-state index is -2.55. The Hall–Kier alpha value is -0.750. The first-order valence-corrected chi connectivity index (χ1v) is 6.03. The lowest BCUT2D eigenvalue weighted by molar-refractivity contribution is -0.134. The Labute approximate surface area is 100.0 Å². The molecule has 17 heavy (non-hydrogen) atoms. The van der Waals surface area contributed by atoms with Gasteiger partial charge >= 0.3 is 0 Å². The van der Waals surface area contributed by atoms with E-state index in [1.165, 1.54) is 0 Å². The van der Waals surface area contributed by atoms with Gasteiger partial charge in [-0.05, 0) is 19.4 Å². The van der Waals surface area contributed by atoms with Gasteiger partial charge in [-0.25, -0.2) is 8.78 Å². The highest BCUT2D eigenvalue weighted by Crippen LogP contribution is 2.12. The summed E-state index contributed by atoms with van der Waals surface area (Å²) in [5.41, 5.74) is 0. The van der Waals surface area contributed by atoms with Gasteiger partial charge in [0.2, 0.25) is 5.91 Å². The zero-order valence-electron chi connectivity index (χ0n) is 9.87. The van der Waals surface area contributed by atoms with Crippen molar-refractivity contribution >= 4 is 5.91 Å². The molecule has 1 unspecified atom stereocenters. The maximum atomic E-state index is 12.3. The normalized spacial score (nSPS) is 20.6. The van der Waals surface area contributed by atoms with Crippen molar-refractivity contribution in [1.82, 2.24) is 10.2 Å². The van der Waals surface area contributed by atoms with E-state index in [9.17, 15) is 13.6 Å². The number of alkyl halides is 2. The maximum Gasteiger partial charge on any atom is 0.255 e. The van der Waals surface area contributed by atoms with Gasteiger partial charge < -0.3 is 15.3 Å². The predicted octanol–water partition coefficient (Wildman–Crippen LogP) is 0.605. The Balaban J connectivity index is 2.39. The molecule has 0 saturated carbocycles. The van der Waals surface area contributed by atoms with E-state index in [2.05, 4.69) is 5.32 Å². The van der Waals surface area contributed by atoms with Gasteiger partial charge in [0.25, 0.3) is 6.43 Å². The average molecular weight is 250 g/mol. The van der Waals surface area contributed by atoms with Crippen molar-refractivity contribution in [2.45, 2.75) is 38.2 Å². The van der Waals surface area contributed by atoms with Gasteiger partial charge in [-0.1, -0.05) is 6.42 Å². The van der Waals surface area contributed by atoms with E-state index in [1.807, 2.05) is 0 Å². The highest BCUT2D eigenvalue weighted by Gasteiger charge is 2.22. The lowest BCUT2D eigenvalue weighted by Crippen LogP contribution is -2.43. The lowest BCUT2D eigenvalue weighted by Gasteiger charge is -2.27. The third-order valence-corrected chi connectivity index (χ3v) is 2.91. The molecule has 0 bridgehead atoms. The number of hydrogen-bond acceptors (Lipinski definition) is 3. The van der Waals surface area contributed by atoms with Crippen LogP contribution in [0.5, 0.6) is 0 Å². The van der Waals surface area contributed by atoms with Crippen LogP contribution >= 0.6 is 0 Å². The van der Waals surface area contributed by atoms with Crippen molar-refractivity contribution in [1.29, 1.82) is 0 Å². The van der Waals surface area contributed by atoms with Crippen LogP contribution in [0.4, 0.5) is 8.78 Å². The summed E-state index contributed by atoms with van der Waals surface area (Å²) in [7, 11) is 0. The second-order valence-electron chi connectivity index (χ2n) is 4.31. The van der Waals surface area contributed by atoms with E-state index < -0.39 is 13.0 Å². The predicted molar refractivity (Wildman–Crippen MR) is 59.9 cm³/mol. The van der Waals surface area contributed by atoms with Crippen LogP contribution in [-0.4, -0.2) is 54.6 Å². The van der Waals surface area contributed by atoms with Crippen molar-refractivity contribution in [3.05, 3.63) is 0 Å². The summed E-state index contributed by atoms with van der Waals surface area (Å²) in [6, 6.07) is 0.0927. The number of hydrogen-bond donors (Lipinski definition) is 2. The molecule has 0 aromatic carbocycles. The van der Waals surface area contributed by atoms with Crippen molar-refractivity contribution in [2.75, 3.05) is 26.2 Å².